The highest BCUT2D eigenvalue weighted by atomic mass is 16.6. The van der Waals surface area contributed by atoms with Gasteiger partial charge in [0.05, 0.1) is 12.3 Å². The zero-order valence-electron chi connectivity index (χ0n) is 17.4. The van der Waals surface area contributed by atoms with E-state index >= 15 is 0 Å². The molecular weight excluding hydrogens is 400 g/mol. The van der Waals surface area contributed by atoms with Crippen molar-refractivity contribution in [2.45, 2.75) is 76.3 Å². The maximum absolute atomic E-state index is 10.7. The van der Waals surface area contributed by atoms with Crippen LogP contribution in [0.25, 0.3) is 0 Å². The Hall–Kier alpha value is -3.24. The van der Waals surface area contributed by atoms with Crippen molar-refractivity contribution in [2.75, 3.05) is 16.1 Å². The summed E-state index contributed by atoms with van der Waals surface area (Å²) in [4.78, 5) is 23.6. The average molecular weight is 428 g/mol. The van der Waals surface area contributed by atoms with Crippen LogP contribution in [0.1, 0.15) is 70.0 Å². The lowest BCUT2D eigenvalue weighted by Crippen LogP contribution is -2.26. The van der Waals surface area contributed by atoms with Gasteiger partial charge in [-0.05, 0) is 31.7 Å². The van der Waals surface area contributed by atoms with Crippen LogP contribution in [0, 0.1) is 10.1 Å². The van der Waals surface area contributed by atoms with E-state index in [9.17, 15) is 10.1 Å². The van der Waals surface area contributed by atoms with Gasteiger partial charge in [-0.1, -0.05) is 38.5 Å². The van der Waals surface area contributed by atoms with Crippen LogP contribution >= 0.6 is 0 Å². The van der Waals surface area contributed by atoms with E-state index in [0.717, 1.165) is 25.7 Å². The van der Waals surface area contributed by atoms with Crippen molar-refractivity contribution >= 4 is 29.9 Å². The summed E-state index contributed by atoms with van der Waals surface area (Å²) in [5, 5.41) is 21.7. The van der Waals surface area contributed by atoms with Gasteiger partial charge in [-0.15, -0.1) is 0 Å². The van der Waals surface area contributed by atoms with Crippen LogP contribution in [0.5, 0.6) is 0 Å². The SMILES string of the molecule is O=[N+]([O-])c1ccc(/C=N/Nc2nc(NC3CCCCC3)nc(NC3CCCCC3)n2)o1. The standard InChI is InChI=1S/C20H28N8O3/c29-28(30)17-12-11-16(31-17)13-21-27-20-25-18(22-14-7-3-1-4-8-14)24-19(26-20)23-15-9-5-2-6-10-15/h11-15H,1-10H2,(H3,22,23,24,25,26,27)/b21-13+. The summed E-state index contributed by atoms with van der Waals surface area (Å²) in [7, 11) is 0. The highest BCUT2D eigenvalue weighted by Gasteiger charge is 2.18. The molecule has 2 aromatic rings. The zero-order chi connectivity index (χ0) is 21.5. The van der Waals surface area contributed by atoms with E-state index < -0.39 is 4.92 Å². The van der Waals surface area contributed by atoms with Crippen LogP contribution in [-0.4, -0.2) is 38.2 Å². The van der Waals surface area contributed by atoms with Crippen LogP contribution < -0.4 is 16.1 Å². The molecule has 0 aromatic carbocycles. The van der Waals surface area contributed by atoms with Gasteiger partial charge in [0, 0.05) is 12.1 Å². The molecule has 31 heavy (non-hydrogen) atoms. The molecule has 4 rings (SSSR count). The van der Waals surface area contributed by atoms with Gasteiger partial charge in [0.25, 0.3) is 0 Å². The number of nitrogens with one attached hydrogen (secondary N) is 3. The van der Waals surface area contributed by atoms with Gasteiger partial charge in [0.2, 0.25) is 17.8 Å². The van der Waals surface area contributed by atoms with E-state index in [-0.39, 0.29) is 11.6 Å². The summed E-state index contributed by atoms with van der Waals surface area (Å²) < 4.78 is 5.07. The third-order valence-electron chi connectivity index (χ3n) is 5.66. The molecule has 11 heteroatoms. The first kappa shape index (κ1) is 21.0. The Balaban J connectivity index is 1.46. The molecule has 3 N–H and O–H groups in total. The molecule has 2 aliphatic rings. The molecular formula is C20H28N8O3. The molecule has 2 aliphatic carbocycles. The van der Waals surface area contributed by atoms with E-state index in [1.807, 2.05) is 0 Å². The minimum atomic E-state index is -0.594. The maximum atomic E-state index is 10.7. The zero-order valence-corrected chi connectivity index (χ0v) is 17.4. The second-order valence-electron chi connectivity index (χ2n) is 8.07. The number of hydrazone groups is 1. The Kier molecular flexibility index (Phi) is 6.90. The molecule has 0 spiro atoms. The first-order valence-electron chi connectivity index (χ1n) is 11.0. The van der Waals surface area contributed by atoms with Gasteiger partial charge < -0.3 is 15.1 Å². The third kappa shape index (κ3) is 6.12. The Morgan fingerprint density at radius 3 is 1.97 bits per heavy atom. The summed E-state index contributed by atoms with van der Waals surface area (Å²) in [6.07, 6.45) is 13.2. The first-order valence-corrected chi connectivity index (χ1v) is 11.0. The number of nitro groups is 1. The van der Waals surface area contributed by atoms with Crippen molar-refractivity contribution in [3.05, 3.63) is 28.0 Å². The largest absolute Gasteiger partial charge is 0.433 e. The summed E-state index contributed by atoms with van der Waals surface area (Å²) in [5.41, 5.74) is 2.78. The topological polar surface area (TPSA) is 143 Å². The van der Waals surface area contributed by atoms with Gasteiger partial charge in [-0.3, -0.25) is 10.1 Å². The number of nitrogens with zero attached hydrogens (tertiary/aromatic N) is 5. The van der Waals surface area contributed by atoms with Crippen LogP contribution in [0.3, 0.4) is 0 Å². The lowest BCUT2D eigenvalue weighted by atomic mass is 9.96. The lowest BCUT2D eigenvalue weighted by molar-refractivity contribution is -0.402. The second kappa shape index (κ2) is 10.2. The Labute approximate surface area is 180 Å². The monoisotopic (exact) mass is 428 g/mol. The summed E-state index contributed by atoms with van der Waals surface area (Å²) in [6, 6.07) is 3.48. The summed E-state index contributed by atoms with van der Waals surface area (Å²) in [5.74, 6) is 1.26. The quantitative estimate of drug-likeness (QED) is 0.318. The number of anilines is 3. The molecule has 0 radical (unpaired) electrons. The van der Waals surface area contributed by atoms with E-state index in [4.69, 9.17) is 4.42 Å². The Bertz CT molecular complexity index is 865. The third-order valence-corrected chi connectivity index (χ3v) is 5.66. The van der Waals surface area contributed by atoms with Crippen molar-refractivity contribution < 1.29 is 9.34 Å². The molecule has 2 aromatic heterocycles. The maximum Gasteiger partial charge on any atom is 0.433 e. The predicted octanol–water partition coefficient (Wildman–Crippen LogP) is 4.31. The molecule has 2 fully saturated rings. The fourth-order valence-electron chi connectivity index (χ4n) is 4.08. The van der Waals surface area contributed by atoms with Gasteiger partial charge in [0.15, 0.2) is 5.76 Å². The molecule has 0 aliphatic heterocycles. The Morgan fingerprint density at radius 2 is 1.45 bits per heavy atom. The van der Waals surface area contributed by atoms with E-state index in [1.54, 1.807) is 0 Å². The number of hydrogen-bond donors (Lipinski definition) is 3. The first-order chi connectivity index (χ1) is 15.2. The number of aromatic nitrogens is 3. The predicted molar refractivity (Wildman–Crippen MR) is 117 cm³/mol. The highest BCUT2D eigenvalue weighted by Crippen LogP contribution is 2.23. The molecule has 166 valence electrons. The lowest BCUT2D eigenvalue weighted by Gasteiger charge is -2.24. The van der Waals surface area contributed by atoms with Crippen LogP contribution in [0.15, 0.2) is 21.7 Å². The van der Waals surface area contributed by atoms with Gasteiger partial charge in [-0.2, -0.15) is 20.1 Å². The van der Waals surface area contributed by atoms with Gasteiger partial charge in [0.1, 0.15) is 4.92 Å². The average Bonchev–Trinajstić information content (AvgIpc) is 3.24. The Morgan fingerprint density at radius 1 is 0.903 bits per heavy atom. The normalized spacial score (nSPS) is 18.2. The van der Waals surface area contributed by atoms with Crippen LogP contribution in [0.2, 0.25) is 0 Å². The molecule has 0 amide bonds. The van der Waals surface area contributed by atoms with Crippen LogP contribution in [-0.2, 0) is 0 Å². The summed E-state index contributed by atoms with van der Waals surface area (Å²) >= 11 is 0. The van der Waals surface area contributed by atoms with Crippen LogP contribution in [0.4, 0.5) is 23.7 Å². The molecule has 0 unspecified atom stereocenters. The van der Waals surface area contributed by atoms with Crippen molar-refractivity contribution in [1.29, 1.82) is 0 Å². The minimum absolute atomic E-state index is 0.259. The van der Waals surface area contributed by atoms with E-state index in [1.165, 1.54) is 56.9 Å². The van der Waals surface area contributed by atoms with Gasteiger partial charge >= 0.3 is 5.88 Å². The minimum Gasteiger partial charge on any atom is -0.400 e. The molecule has 11 nitrogen and oxygen atoms in total. The molecule has 2 heterocycles. The number of rotatable bonds is 8. The molecule has 0 saturated heterocycles. The molecule has 2 saturated carbocycles. The molecule has 0 atom stereocenters. The number of furan rings is 1. The van der Waals surface area contributed by atoms with Crippen molar-refractivity contribution in [3.63, 3.8) is 0 Å². The van der Waals surface area contributed by atoms with Crippen molar-refractivity contribution in [3.8, 4) is 0 Å². The smallest absolute Gasteiger partial charge is 0.400 e. The van der Waals surface area contributed by atoms with Crippen molar-refractivity contribution in [1.82, 2.24) is 15.0 Å². The summed E-state index contributed by atoms with van der Waals surface area (Å²) in [6.45, 7) is 0. The second-order valence-corrected chi connectivity index (χ2v) is 8.07. The number of hydrogen-bond acceptors (Lipinski definition) is 10. The van der Waals surface area contributed by atoms with Crippen molar-refractivity contribution in [2.24, 2.45) is 5.10 Å². The highest BCUT2D eigenvalue weighted by molar-refractivity contribution is 5.76. The van der Waals surface area contributed by atoms with E-state index in [2.05, 4.69) is 36.1 Å². The fraction of sp³-hybridized carbons (Fsp3) is 0.600. The molecule has 0 bridgehead atoms. The fourth-order valence-corrected chi connectivity index (χ4v) is 4.08. The van der Waals surface area contributed by atoms with Gasteiger partial charge in [-0.25, -0.2) is 5.43 Å². The van der Waals surface area contributed by atoms with E-state index in [0.29, 0.717) is 29.9 Å².